The molecular formula is C13H14ClNO2. The standard InChI is InChI=1S/C13H13NO2.ClH/c1-16-13(15)12(14)11-8-4-6-9-5-2-3-7-10(9)11;/h2-8,12H,14H2,1H3;1H/t12-;/m1./s1. The summed E-state index contributed by atoms with van der Waals surface area (Å²) >= 11 is 0. The van der Waals surface area contributed by atoms with E-state index in [4.69, 9.17) is 5.73 Å². The third-order valence-electron chi connectivity index (χ3n) is 2.61. The Kier molecular flexibility index (Phi) is 4.49. The molecule has 2 aromatic rings. The van der Waals surface area contributed by atoms with E-state index in [1.165, 1.54) is 7.11 Å². The van der Waals surface area contributed by atoms with Crippen molar-refractivity contribution in [2.24, 2.45) is 5.73 Å². The Bertz CT molecular complexity index is 522. The van der Waals surface area contributed by atoms with Crippen molar-refractivity contribution in [3.05, 3.63) is 48.0 Å². The third kappa shape index (κ3) is 2.57. The molecule has 0 radical (unpaired) electrons. The summed E-state index contributed by atoms with van der Waals surface area (Å²) in [7, 11) is 1.34. The summed E-state index contributed by atoms with van der Waals surface area (Å²) < 4.78 is 4.65. The molecule has 0 unspecified atom stereocenters. The van der Waals surface area contributed by atoms with Crippen molar-refractivity contribution in [3.8, 4) is 0 Å². The minimum absolute atomic E-state index is 0. The average Bonchev–Trinajstić information content (AvgIpc) is 2.36. The van der Waals surface area contributed by atoms with Crippen molar-refractivity contribution in [1.29, 1.82) is 0 Å². The molecule has 0 saturated carbocycles. The number of methoxy groups -OCH3 is 1. The SMILES string of the molecule is COC(=O)[C@H](N)c1cccc2ccccc12.Cl. The molecule has 2 N–H and O–H groups in total. The zero-order valence-electron chi connectivity index (χ0n) is 9.42. The van der Waals surface area contributed by atoms with Crippen molar-refractivity contribution in [2.45, 2.75) is 6.04 Å². The van der Waals surface area contributed by atoms with Crippen LogP contribution in [-0.2, 0) is 9.53 Å². The lowest BCUT2D eigenvalue weighted by molar-refractivity contribution is -0.142. The highest BCUT2D eigenvalue weighted by Gasteiger charge is 2.17. The number of carbonyl (C=O) groups excluding carboxylic acids is 1. The second-order valence-electron chi connectivity index (χ2n) is 3.57. The van der Waals surface area contributed by atoms with Crippen LogP contribution in [0.3, 0.4) is 0 Å². The minimum Gasteiger partial charge on any atom is -0.468 e. The van der Waals surface area contributed by atoms with Crippen molar-refractivity contribution < 1.29 is 9.53 Å². The van der Waals surface area contributed by atoms with Gasteiger partial charge < -0.3 is 10.5 Å². The molecule has 2 aromatic carbocycles. The number of benzene rings is 2. The summed E-state index contributed by atoms with van der Waals surface area (Å²) in [6.07, 6.45) is 0. The number of ether oxygens (including phenoxy) is 1. The average molecular weight is 252 g/mol. The van der Waals surface area contributed by atoms with E-state index in [9.17, 15) is 4.79 Å². The molecule has 0 amide bonds. The van der Waals surface area contributed by atoms with E-state index < -0.39 is 12.0 Å². The van der Waals surface area contributed by atoms with Gasteiger partial charge in [0.15, 0.2) is 0 Å². The van der Waals surface area contributed by atoms with Crippen LogP contribution < -0.4 is 5.73 Å². The fraction of sp³-hybridized carbons (Fsp3) is 0.154. The van der Waals surface area contributed by atoms with Gasteiger partial charge in [0.2, 0.25) is 0 Å². The van der Waals surface area contributed by atoms with Crippen molar-refractivity contribution >= 4 is 29.1 Å². The number of esters is 1. The first kappa shape index (κ1) is 13.5. The topological polar surface area (TPSA) is 52.3 Å². The molecule has 3 nitrogen and oxygen atoms in total. The van der Waals surface area contributed by atoms with Gasteiger partial charge in [-0.1, -0.05) is 42.5 Å². The van der Waals surface area contributed by atoms with Crippen LogP contribution in [0.15, 0.2) is 42.5 Å². The molecule has 0 fully saturated rings. The first-order chi connectivity index (χ1) is 7.74. The van der Waals surface area contributed by atoms with Gasteiger partial charge >= 0.3 is 5.97 Å². The molecule has 90 valence electrons. The third-order valence-corrected chi connectivity index (χ3v) is 2.61. The van der Waals surface area contributed by atoms with Gasteiger partial charge in [-0.15, -0.1) is 12.4 Å². The number of rotatable bonds is 2. The molecule has 0 saturated heterocycles. The monoisotopic (exact) mass is 251 g/mol. The Hall–Kier alpha value is -1.58. The highest BCUT2D eigenvalue weighted by molar-refractivity contribution is 5.90. The fourth-order valence-corrected chi connectivity index (χ4v) is 1.78. The van der Waals surface area contributed by atoms with Crippen LogP contribution in [0.5, 0.6) is 0 Å². The first-order valence-electron chi connectivity index (χ1n) is 5.05. The van der Waals surface area contributed by atoms with Crippen molar-refractivity contribution in [3.63, 3.8) is 0 Å². The summed E-state index contributed by atoms with van der Waals surface area (Å²) in [4.78, 5) is 11.4. The molecule has 2 rings (SSSR count). The van der Waals surface area contributed by atoms with E-state index in [0.717, 1.165) is 16.3 Å². The van der Waals surface area contributed by atoms with E-state index in [1.54, 1.807) is 0 Å². The van der Waals surface area contributed by atoms with Gasteiger partial charge in [0.1, 0.15) is 6.04 Å². The van der Waals surface area contributed by atoms with E-state index >= 15 is 0 Å². The first-order valence-corrected chi connectivity index (χ1v) is 5.05. The molecule has 17 heavy (non-hydrogen) atoms. The van der Waals surface area contributed by atoms with Gasteiger partial charge in [-0.3, -0.25) is 4.79 Å². The Morgan fingerprint density at radius 1 is 1.18 bits per heavy atom. The van der Waals surface area contributed by atoms with Crippen LogP contribution in [0.1, 0.15) is 11.6 Å². The Morgan fingerprint density at radius 2 is 1.82 bits per heavy atom. The Balaban J connectivity index is 0.00000144. The van der Waals surface area contributed by atoms with Gasteiger partial charge in [-0.25, -0.2) is 0 Å². The molecule has 0 bridgehead atoms. The van der Waals surface area contributed by atoms with Crippen LogP contribution in [0, 0.1) is 0 Å². The lowest BCUT2D eigenvalue weighted by Gasteiger charge is -2.12. The molecule has 0 spiro atoms. The molecule has 0 aliphatic carbocycles. The van der Waals surface area contributed by atoms with Gasteiger partial charge in [0, 0.05) is 0 Å². The fourth-order valence-electron chi connectivity index (χ4n) is 1.78. The predicted molar refractivity (Wildman–Crippen MR) is 70.1 cm³/mol. The molecule has 4 heteroatoms. The van der Waals surface area contributed by atoms with Crippen LogP contribution in [0.4, 0.5) is 0 Å². The second kappa shape index (κ2) is 5.66. The van der Waals surface area contributed by atoms with Gasteiger partial charge in [0.25, 0.3) is 0 Å². The zero-order valence-corrected chi connectivity index (χ0v) is 10.2. The maximum Gasteiger partial charge on any atom is 0.327 e. The maximum atomic E-state index is 11.4. The van der Waals surface area contributed by atoms with Crippen LogP contribution in [0.25, 0.3) is 10.8 Å². The number of hydrogen-bond donors (Lipinski definition) is 1. The minimum atomic E-state index is -0.726. The summed E-state index contributed by atoms with van der Waals surface area (Å²) in [6, 6.07) is 12.8. The summed E-state index contributed by atoms with van der Waals surface area (Å²) in [6.45, 7) is 0. The number of carbonyl (C=O) groups is 1. The zero-order chi connectivity index (χ0) is 11.5. The van der Waals surface area contributed by atoms with Crippen LogP contribution in [-0.4, -0.2) is 13.1 Å². The highest BCUT2D eigenvalue weighted by atomic mass is 35.5. The normalized spacial score (nSPS) is 11.6. The number of hydrogen-bond acceptors (Lipinski definition) is 3. The molecule has 0 heterocycles. The second-order valence-corrected chi connectivity index (χ2v) is 3.57. The van der Waals surface area contributed by atoms with Gasteiger partial charge in [-0.2, -0.15) is 0 Å². The number of halogens is 1. The van der Waals surface area contributed by atoms with Crippen LogP contribution >= 0.6 is 12.4 Å². The molecule has 0 aliphatic heterocycles. The summed E-state index contributed by atoms with van der Waals surface area (Å²) in [5, 5.41) is 2.06. The van der Waals surface area contributed by atoms with Crippen molar-refractivity contribution in [1.82, 2.24) is 0 Å². The lowest BCUT2D eigenvalue weighted by Crippen LogP contribution is -2.22. The molecule has 0 aliphatic rings. The molecular weight excluding hydrogens is 238 g/mol. The quantitative estimate of drug-likeness (QED) is 0.834. The van der Waals surface area contributed by atoms with Gasteiger partial charge in [0.05, 0.1) is 7.11 Å². The predicted octanol–water partition coefficient (Wildman–Crippen LogP) is 2.43. The van der Waals surface area contributed by atoms with Gasteiger partial charge in [-0.05, 0) is 16.3 Å². The molecule has 1 atom stereocenters. The van der Waals surface area contributed by atoms with E-state index in [0.29, 0.717) is 0 Å². The summed E-state index contributed by atoms with van der Waals surface area (Å²) in [5.41, 5.74) is 6.64. The van der Waals surface area contributed by atoms with E-state index in [2.05, 4.69) is 4.74 Å². The largest absolute Gasteiger partial charge is 0.468 e. The van der Waals surface area contributed by atoms with Crippen LogP contribution in [0.2, 0.25) is 0 Å². The summed E-state index contributed by atoms with van der Waals surface area (Å²) in [5.74, 6) is -0.420. The molecule has 0 aromatic heterocycles. The number of fused-ring (bicyclic) bond motifs is 1. The maximum absolute atomic E-state index is 11.4. The number of nitrogens with two attached hydrogens (primary N) is 1. The smallest absolute Gasteiger partial charge is 0.327 e. The van der Waals surface area contributed by atoms with E-state index in [-0.39, 0.29) is 12.4 Å². The Labute approximate surface area is 106 Å². The van der Waals surface area contributed by atoms with E-state index in [1.807, 2.05) is 42.5 Å². The lowest BCUT2D eigenvalue weighted by atomic mass is 9.99. The highest BCUT2D eigenvalue weighted by Crippen LogP contribution is 2.23. The Morgan fingerprint density at radius 3 is 2.53 bits per heavy atom. The van der Waals surface area contributed by atoms with Crippen molar-refractivity contribution in [2.75, 3.05) is 7.11 Å².